The van der Waals surface area contributed by atoms with Gasteiger partial charge in [0, 0.05) is 18.6 Å². The molecule has 0 spiro atoms. The van der Waals surface area contributed by atoms with E-state index in [1.54, 1.807) is 13.8 Å². The van der Waals surface area contributed by atoms with Gasteiger partial charge in [-0.3, -0.25) is 4.79 Å². The van der Waals surface area contributed by atoms with Crippen molar-refractivity contribution < 1.29 is 9.53 Å². The van der Waals surface area contributed by atoms with Crippen LogP contribution in [-0.4, -0.2) is 30.2 Å². The number of fused-ring (bicyclic) bond motifs is 1. The van der Waals surface area contributed by atoms with Crippen molar-refractivity contribution in [2.75, 3.05) is 6.61 Å². The number of nitrogens with one attached hydrogen (secondary N) is 1. The molecule has 0 bridgehead atoms. The number of carbonyl (C=O) groups excluding carboxylic acids is 1. The van der Waals surface area contributed by atoms with Crippen molar-refractivity contribution in [3.8, 4) is 0 Å². The fraction of sp³-hybridized carbons (Fsp3) is 0.917. The molecule has 0 aromatic carbocycles. The van der Waals surface area contributed by atoms with Crippen LogP contribution in [0.5, 0.6) is 0 Å². The summed E-state index contributed by atoms with van der Waals surface area (Å²) in [7, 11) is 0. The van der Waals surface area contributed by atoms with Crippen LogP contribution in [0, 0.1) is 5.92 Å². The zero-order chi connectivity index (χ0) is 11.8. The van der Waals surface area contributed by atoms with E-state index in [0.717, 1.165) is 32.3 Å². The second kappa shape index (κ2) is 4.34. The molecule has 1 heterocycles. The van der Waals surface area contributed by atoms with Crippen LogP contribution in [-0.2, 0) is 9.53 Å². The molecule has 1 amide bonds. The summed E-state index contributed by atoms with van der Waals surface area (Å²) in [5, 5.41) is 3.09. The molecule has 3 unspecified atom stereocenters. The molecule has 4 heteroatoms. The SMILES string of the molecule is CC(C)(N)C(=O)NC1CCCC2OCCC12. The third-order valence-electron chi connectivity index (χ3n) is 3.68. The quantitative estimate of drug-likeness (QED) is 0.732. The van der Waals surface area contributed by atoms with Crippen molar-refractivity contribution in [1.82, 2.24) is 5.32 Å². The minimum Gasteiger partial charge on any atom is -0.378 e. The molecule has 2 fully saturated rings. The molecule has 1 saturated heterocycles. The molecule has 1 saturated carbocycles. The van der Waals surface area contributed by atoms with E-state index in [0.29, 0.717) is 12.0 Å². The first-order valence-corrected chi connectivity index (χ1v) is 6.20. The molecule has 2 aliphatic rings. The van der Waals surface area contributed by atoms with Crippen LogP contribution < -0.4 is 11.1 Å². The summed E-state index contributed by atoms with van der Waals surface area (Å²) in [6.45, 7) is 4.33. The lowest BCUT2D eigenvalue weighted by molar-refractivity contribution is -0.126. The van der Waals surface area contributed by atoms with Crippen LogP contribution in [0.3, 0.4) is 0 Å². The van der Waals surface area contributed by atoms with Crippen LogP contribution in [0.15, 0.2) is 0 Å². The Kier molecular flexibility index (Phi) is 3.22. The average molecular weight is 226 g/mol. The highest BCUT2D eigenvalue weighted by Crippen LogP contribution is 2.34. The monoisotopic (exact) mass is 226 g/mol. The van der Waals surface area contributed by atoms with Crippen LogP contribution in [0.4, 0.5) is 0 Å². The fourth-order valence-corrected chi connectivity index (χ4v) is 2.71. The second-order valence-corrected chi connectivity index (χ2v) is 5.59. The third-order valence-corrected chi connectivity index (χ3v) is 3.68. The van der Waals surface area contributed by atoms with Crippen LogP contribution in [0.25, 0.3) is 0 Å². The number of hydrogen-bond donors (Lipinski definition) is 2. The van der Waals surface area contributed by atoms with E-state index >= 15 is 0 Å². The highest BCUT2D eigenvalue weighted by atomic mass is 16.5. The van der Waals surface area contributed by atoms with Crippen molar-refractivity contribution in [2.45, 2.75) is 57.2 Å². The van der Waals surface area contributed by atoms with Gasteiger partial charge in [0.1, 0.15) is 0 Å². The fourth-order valence-electron chi connectivity index (χ4n) is 2.71. The normalized spacial score (nSPS) is 34.6. The van der Waals surface area contributed by atoms with Gasteiger partial charge in [-0.05, 0) is 39.5 Å². The first-order valence-electron chi connectivity index (χ1n) is 6.20. The molecule has 3 N–H and O–H groups in total. The van der Waals surface area contributed by atoms with Gasteiger partial charge in [0.05, 0.1) is 11.6 Å². The van der Waals surface area contributed by atoms with Gasteiger partial charge in [0.2, 0.25) is 5.91 Å². The molecule has 0 aromatic heterocycles. The Labute approximate surface area is 96.9 Å². The minimum atomic E-state index is -0.785. The molecule has 2 rings (SSSR count). The summed E-state index contributed by atoms with van der Waals surface area (Å²) in [5.41, 5.74) is 5.00. The van der Waals surface area contributed by atoms with Crippen molar-refractivity contribution in [3.05, 3.63) is 0 Å². The topological polar surface area (TPSA) is 64.4 Å². The predicted molar refractivity (Wildman–Crippen MR) is 61.9 cm³/mol. The Morgan fingerprint density at radius 2 is 2.12 bits per heavy atom. The van der Waals surface area contributed by atoms with Crippen molar-refractivity contribution in [1.29, 1.82) is 0 Å². The summed E-state index contributed by atoms with van der Waals surface area (Å²) in [5.74, 6) is 0.449. The van der Waals surface area contributed by atoms with E-state index in [-0.39, 0.29) is 11.9 Å². The maximum atomic E-state index is 11.8. The van der Waals surface area contributed by atoms with Gasteiger partial charge in [0.15, 0.2) is 0 Å². The lowest BCUT2D eigenvalue weighted by Crippen LogP contribution is -2.55. The van der Waals surface area contributed by atoms with E-state index in [9.17, 15) is 4.79 Å². The van der Waals surface area contributed by atoms with Gasteiger partial charge >= 0.3 is 0 Å². The van der Waals surface area contributed by atoms with E-state index in [2.05, 4.69) is 5.32 Å². The second-order valence-electron chi connectivity index (χ2n) is 5.59. The van der Waals surface area contributed by atoms with Gasteiger partial charge in [-0.2, -0.15) is 0 Å². The minimum absolute atomic E-state index is 0.0509. The maximum absolute atomic E-state index is 11.8. The lowest BCUT2D eigenvalue weighted by atomic mass is 9.81. The Hall–Kier alpha value is -0.610. The third kappa shape index (κ3) is 2.38. The lowest BCUT2D eigenvalue weighted by Gasteiger charge is -2.34. The number of ether oxygens (including phenoxy) is 1. The largest absolute Gasteiger partial charge is 0.378 e. The first kappa shape index (κ1) is 11.9. The average Bonchev–Trinajstić information content (AvgIpc) is 2.65. The molecule has 92 valence electrons. The molecule has 3 atom stereocenters. The Balaban J connectivity index is 1.96. The summed E-state index contributed by atoms with van der Waals surface area (Å²) in [6, 6.07) is 0.261. The zero-order valence-electron chi connectivity index (χ0n) is 10.2. The van der Waals surface area contributed by atoms with Gasteiger partial charge in [-0.25, -0.2) is 0 Å². The molecule has 16 heavy (non-hydrogen) atoms. The Morgan fingerprint density at radius 3 is 2.81 bits per heavy atom. The molecule has 4 nitrogen and oxygen atoms in total. The zero-order valence-corrected chi connectivity index (χ0v) is 10.2. The van der Waals surface area contributed by atoms with Crippen molar-refractivity contribution in [3.63, 3.8) is 0 Å². The van der Waals surface area contributed by atoms with Gasteiger partial charge in [-0.15, -0.1) is 0 Å². The molecule has 0 radical (unpaired) electrons. The Morgan fingerprint density at radius 1 is 1.38 bits per heavy atom. The van der Waals surface area contributed by atoms with Gasteiger partial charge < -0.3 is 15.8 Å². The number of rotatable bonds is 2. The molecular formula is C12H22N2O2. The van der Waals surface area contributed by atoms with E-state index in [4.69, 9.17) is 10.5 Å². The van der Waals surface area contributed by atoms with E-state index in [1.807, 2.05) is 0 Å². The van der Waals surface area contributed by atoms with Gasteiger partial charge in [0.25, 0.3) is 0 Å². The van der Waals surface area contributed by atoms with E-state index in [1.165, 1.54) is 0 Å². The highest BCUT2D eigenvalue weighted by molar-refractivity contribution is 5.85. The summed E-state index contributed by atoms with van der Waals surface area (Å²) < 4.78 is 5.67. The number of amides is 1. The summed E-state index contributed by atoms with van der Waals surface area (Å²) in [4.78, 5) is 11.8. The standard InChI is InChI=1S/C12H22N2O2/c1-12(2,13)11(15)14-9-4-3-5-10-8(9)6-7-16-10/h8-10H,3-7,13H2,1-2H3,(H,14,15). The first-order chi connectivity index (χ1) is 7.48. The maximum Gasteiger partial charge on any atom is 0.239 e. The summed E-state index contributed by atoms with van der Waals surface area (Å²) >= 11 is 0. The number of hydrogen-bond acceptors (Lipinski definition) is 3. The smallest absolute Gasteiger partial charge is 0.239 e. The number of carbonyl (C=O) groups is 1. The van der Waals surface area contributed by atoms with Crippen LogP contribution >= 0.6 is 0 Å². The molecule has 1 aliphatic carbocycles. The number of nitrogens with two attached hydrogens (primary N) is 1. The summed E-state index contributed by atoms with van der Waals surface area (Å²) in [6.07, 6.45) is 4.77. The molecular weight excluding hydrogens is 204 g/mol. The van der Waals surface area contributed by atoms with Crippen LogP contribution in [0.1, 0.15) is 39.5 Å². The van der Waals surface area contributed by atoms with Crippen LogP contribution in [0.2, 0.25) is 0 Å². The molecule has 1 aliphatic heterocycles. The van der Waals surface area contributed by atoms with Crippen molar-refractivity contribution >= 4 is 5.91 Å². The van der Waals surface area contributed by atoms with E-state index < -0.39 is 5.54 Å². The van der Waals surface area contributed by atoms with Crippen molar-refractivity contribution in [2.24, 2.45) is 11.7 Å². The predicted octanol–water partition coefficient (Wildman–Crippen LogP) is 0.797. The Bertz CT molecular complexity index is 273. The molecule has 0 aromatic rings. The highest BCUT2D eigenvalue weighted by Gasteiger charge is 2.39. The van der Waals surface area contributed by atoms with Gasteiger partial charge in [-0.1, -0.05) is 0 Å².